The lowest BCUT2D eigenvalue weighted by Crippen LogP contribution is -2.54. The molecule has 4 aromatic carbocycles. The van der Waals surface area contributed by atoms with Gasteiger partial charge >= 0.3 is 12.4 Å². The van der Waals surface area contributed by atoms with Crippen molar-refractivity contribution >= 4 is 56.2 Å². The minimum Gasteiger partial charge on any atom is -0.397 e. The van der Waals surface area contributed by atoms with Gasteiger partial charge in [-0.05, 0) is 72.5 Å². The first-order valence-electron chi connectivity index (χ1n) is 15.9. The van der Waals surface area contributed by atoms with E-state index < -0.39 is 28.9 Å². The van der Waals surface area contributed by atoms with E-state index in [9.17, 15) is 0 Å². The van der Waals surface area contributed by atoms with E-state index in [-0.39, 0.29) is 22.7 Å². The van der Waals surface area contributed by atoms with Gasteiger partial charge in [-0.3, -0.25) is 0 Å². The maximum absolute atomic E-state index is 15.2. The first kappa shape index (κ1) is 33.6. The normalized spacial score (nSPS) is 12.6. The van der Waals surface area contributed by atoms with Gasteiger partial charge < -0.3 is 31.2 Å². The lowest BCUT2D eigenvalue weighted by atomic mass is 9.72. The number of rotatable bonds is 10. The second-order valence-corrected chi connectivity index (χ2v) is 12.1. The fourth-order valence-corrected chi connectivity index (χ4v) is 6.64. The van der Waals surface area contributed by atoms with Gasteiger partial charge in [-0.15, -0.1) is 0 Å². The first-order valence-corrected chi connectivity index (χ1v) is 15.9. The average molecular weight is 679 g/mol. The Morgan fingerprint density at radius 3 is 1.27 bits per heavy atom. The molecule has 0 radical (unpaired) electrons. The van der Waals surface area contributed by atoms with E-state index in [2.05, 4.69) is 9.97 Å². The number of hydrogen-bond acceptors (Lipinski definition) is 4. The van der Waals surface area contributed by atoms with Crippen LogP contribution in [0.4, 0.5) is 60.7 Å². The van der Waals surface area contributed by atoms with Crippen LogP contribution in [0, 0.1) is 0 Å². The van der Waals surface area contributed by atoms with Gasteiger partial charge in [-0.1, -0.05) is 62.4 Å². The average Bonchev–Trinajstić information content (AvgIpc) is 3.67. The van der Waals surface area contributed by atoms with Crippen LogP contribution < -0.4 is 21.3 Å². The van der Waals surface area contributed by atoms with Crippen LogP contribution in [0.2, 0.25) is 0 Å². The molecular formula is C37H36F6N6. The Morgan fingerprint density at radius 1 is 0.551 bits per heavy atom. The minimum atomic E-state index is -5.81. The molecule has 0 fully saturated rings. The third-order valence-electron chi connectivity index (χ3n) is 8.86. The predicted octanol–water partition coefficient (Wildman–Crippen LogP) is 10.3. The summed E-state index contributed by atoms with van der Waals surface area (Å²) in [6, 6.07) is 24.4. The van der Waals surface area contributed by atoms with Gasteiger partial charge in [-0.25, -0.2) is 0 Å². The Bertz CT molecular complexity index is 1880. The number of alkyl halides is 6. The maximum atomic E-state index is 15.2. The van der Waals surface area contributed by atoms with Gasteiger partial charge in [0.05, 0.1) is 22.7 Å². The third kappa shape index (κ3) is 5.78. The Morgan fingerprint density at radius 2 is 0.939 bits per heavy atom. The van der Waals surface area contributed by atoms with Crippen molar-refractivity contribution in [3.63, 3.8) is 0 Å². The van der Waals surface area contributed by atoms with Crippen LogP contribution in [0.3, 0.4) is 0 Å². The highest BCUT2D eigenvalue weighted by Gasteiger charge is 2.72. The summed E-state index contributed by atoms with van der Waals surface area (Å²) in [5.41, 5.74) is 7.87. The highest BCUT2D eigenvalue weighted by atomic mass is 19.4. The van der Waals surface area contributed by atoms with Crippen LogP contribution in [-0.2, 0) is 5.41 Å². The van der Waals surface area contributed by atoms with E-state index in [1.165, 1.54) is 12.1 Å². The quantitative estimate of drug-likeness (QED) is 0.0858. The Hall–Kier alpha value is -5.26. The molecule has 0 unspecified atom stereocenters. The van der Waals surface area contributed by atoms with Crippen LogP contribution in [-0.4, -0.2) is 35.4 Å². The molecule has 0 aliphatic carbocycles. The third-order valence-corrected chi connectivity index (χ3v) is 8.86. The van der Waals surface area contributed by atoms with Gasteiger partial charge in [-0.2, -0.15) is 26.3 Å². The molecule has 49 heavy (non-hydrogen) atoms. The summed E-state index contributed by atoms with van der Waals surface area (Å²) >= 11 is 0. The van der Waals surface area contributed by atoms with Gasteiger partial charge in [0.15, 0.2) is 0 Å². The number of anilines is 6. The second kappa shape index (κ2) is 12.6. The van der Waals surface area contributed by atoms with E-state index >= 15 is 26.3 Å². The molecule has 6 rings (SSSR count). The number of nitrogens with two attached hydrogens (primary N) is 2. The molecule has 256 valence electrons. The number of halogens is 6. The molecule has 0 aliphatic rings. The molecule has 0 saturated heterocycles. The molecular weight excluding hydrogens is 642 g/mol. The number of benzene rings is 4. The summed E-state index contributed by atoms with van der Waals surface area (Å²) in [5, 5.41) is 1.79. The molecule has 0 aliphatic heterocycles. The standard InChI is InChI=1S/C37H36F6N6/c1-3-17-48(33-19-23-9-5-7-11-29(23)46-33)31-15-13-25(21-27(31)44)35(36(38,39)40,37(41,42)43)26-14-16-32(28(45)22-26)49(18-4-2)34-20-24-10-6-8-12-30(24)47-34/h5-16,19-22,46-47H,3-4,17-18,44-45H2,1-2H3. The number of nitrogen functional groups attached to an aromatic ring is 2. The summed E-state index contributed by atoms with van der Waals surface area (Å²) in [6.07, 6.45) is -10.4. The van der Waals surface area contributed by atoms with E-state index in [1.54, 1.807) is 9.80 Å². The number of aromatic nitrogens is 2. The van der Waals surface area contributed by atoms with Crippen LogP contribution in [0.1, 0.15) is 37.8 Å². The second-order valence-electron chi connectivity index (χ2n) is 12.1. The first-order chi connectivity index (χ1) is 23.3. The zero-order valence-corrected chi connectivity index (χ0v) is 26.9. The van der Waals surface area contributed by atoms with Crippen molar-refractivity contribution in [1.82, 2.24) is 9.97 Å². The van der Waals surface area contributed by atoms with Crippen LogP contribution >= 0.6 is 0 Å². The fourth-order valence-electron chi connectivity index (χ4n) is 6.64. The summed E-state index contributed by atoms with van der Waals surface area (Å²) in [6.45, 7) is 4.63. The van der Waals surface area contributed by atoms with Crippen molar-refractivity contribution in [3.05, 3.63) is 108 Å². The number of fused-ring (bicyclic) bond motifs is 2. The summed E-state index contributed by atoms with van der Waals surface area (Å²) < 4.78 is 91.2. The van der Waals surface area contributed by atoms with E-state index in [1.807, 2.05) is 74.5 Å². The van der Waals surface area contributed by atoms with Crippen molar-refractivity contribution in [2.24, 2.45) is 0 Å². The molecule has 0 saturated carbocycles. The minimum absolute atomic E-state index is 0.236. The number of nitrogens with zero attached hydrogens (tertiary/aromatic N) is 2. The highest BCUT2D eigenvalue weighted by molar-refractivity contribution is 5.88. The van der Waals surface area contributed by atoms with Gasteiger partial charge in [0.25, 0.3) is 0 Å². The van der Waals surface area contributed by atoms with Crippen molar-refractivity contribution in [2.75, 3.05) is 34.4 Å². The predicted molar refractivity (Wildman–Crippen MR) is 186 cm³/mol. The van der Waals surface area contributed by atoms with Crippen LogP contribution in [0.25, 0.3) is 21.8 Å². The number of para-hydroxylation sites is 2. The Kier molecular flexibility index (Phi) is 8.68. The SMILES string of the molecule is CCCN(c1cc2ccccc2[nH]1)c1ccc(C(c2ccc(N(CCC)c3cc4ccccc4[nH]3)c(N)c2)(C(F)(F)F)C(F)(F)F)cc1N. The molecule has 2 heterocycles. The Balaban J connectivity index is 1.47. The zero-order chi connectivity index (χ0) is 35.1. The zero-order valence-electron chi connectivity index (χ0n) is 26.9. The topological polar surface area (TPSA) is 90.1 Å². The highest BCUT2D eigenvalue weighted by Crippen LogP contribution is 2.57. The number of H-pyrrole nitrogens is 2. The molecule has 6 nitrogen and oxygen atoms in total. The van der Waals surface area contributed by atoms with Gasteiger partial charge in [0.2, 0.25) is 5.41 Å². The Labute approximate surface area is 279 Å². The van der Waals surface area contributed by atoms with Crippen molar-refractivity contribution in [3.8, 4) is 0 Å². The molecule has 6 N–H and O–H groups in total. The largest absolute Gasteiger partial charge is 0.411 e. The van der Waals surface area contributed by atoms with Gasteiger partial charge in [0.1, 0.15) is 11.6 Å². The molecule has 0 spiro atoms. The summed E-state index contributed by atoms with van der Waals surface area (Å²) in [7, 11) is 0. The summed E-state index contributed by atoms with van der Waals surface area (Å²) in [5.74, 6) is 1.21. The number of hydrogen-bond donors (Lipinski definition) is 4. The molecule has 2 aromatic heterocycles. The maximum Gasteiger partial charge on any atom is 0.411 e. The van der Waals surface area contributed by atoms with Crippen molar-refractivity contribution < 1.29 is 26.3 Å². The van der Waals surface area contributed by atoms with E-state index in [0.717, 1.165) is 46.1 Å². The lowest BCUT2D eigenvalue weighted by molar-refractivity contribution is -0.288. The molecule has 0 bridgehead atoms. The van der Waals surface area contributed by atoms with Crippen LogP contribution in [0.15, 0.2) is 97.1 Å². The van der Waals surface area contributed by atoms with E-state index in [4.69, 9.17) is 11.5 Å². The molecule has 12 heteroatoms. The van der Waals surface area contributed by atoms with Crippen molar-refractivity contribution in [2.45, 2.75) is 44.5 Å². The summed E-state index contributed by atoms with van der Waals surface area (Å²) in [4.78, 5) is 10.0. The molecule has 0 amide bonds. The lowest BCUT2D eigenvalue weighted by Gasteiger charge is -2.39. The number of nitrogens with one attached hydrogen (secondary N) is 2. The fraction of sp³-hybridized carbons (Fsp3) is 0.243. The van der Waals surface area contributed by atoms with E-state index in [0.29, 0.717) is 37.6 Å². The molecule has 0 atom stereocenters. The van der Waals surface area contributed by atoms with Crippen molar-refractivity contribution in [1.29, 1.82) is 0 Å². The number of aromatic amines is 2. The smallest absolute Gasteiger partial charge is 0.397 e. The monoisotopic (exact) mass is 678 g/mol. The molecule has 6 aromatic rings. The van der Waals surface area contributed by atoms with Crippen LogP contribution in [0.5, 0.6) is 0 Å². The van der Waals surface area contributed by atoms with Gasteiger partial charge in [0, 0.05) is 34.9 Å².